The van der Waals surface area contributed by atoms with E-state index in [1.54, 1.807) is 4.68 Å². The summed E-state index contributed by atoms with van der Waals surface area (Å²) in [4.78, 5) is 0. The molecule has 0 radical (unpaired) electrons. The molecular weight excluding hydrogens is 397 g/mol. The van der Waals surface area contributed by atoms with Crippen molar-refractivity contribution < 1.29 is 0 Å². The maximum atomic E-state index is 6.23. The van der Waals surface area contributed by atoms with Gasteiger partial charge in [0.15, 0.2) is 0 Å². The molecule has 0 fully saturated rings. The van der Waals surface area contributed by atoms with Crippen LogP contribution in [0.15, 0.2) is 48.5 Å². The van der Waals surface area contributed by atoms with Crippen LogP contribution in [0, 0.1) is 3.57 Å². The Morgan fingerprint density at radius 2 is 1.86 bits per heavy atom. The fourth-order valence-electron chi connectivity index (χ4n) is 2.29. The minimum atomic E-state index is 0.645. The van der Waals surface area contributed by atoms with E-state index in [1.807, 2.05) is 55.6 Å². The Labute approximate surface area is 141 Å². The monoisotopic (exact) mass is 409 g/mol. The summed E-state index contributed by atoms with van der Waals surface area (Å²) in [6, 6.07) is 15.8. The Kier molecular flexibility index (Phi) is 3.91. The fourth-order valence-corrected chi connectivity index (χ4v) is 3.06. The van der Waals surface area contributed by atoms with Gasteiger partial charge in [-0.3, -0.25) is 4.68 Å². The molecule has 0 saturated heterocycles. The summed E-state index contributed by atoms with van der Waals surface area (Å²) >= 11 is 8.43. The van der Waals surface area contributed by atoms with Gasteiger partial charge >= 0.3 is 0 Å². The van der Waals surface area contributed by atoms with Gasteiger partial charge in [0.1, 0.15) is 11.5 Å². The number of halogens is 2. The Morgan fingerprint density at radius 1 is 1.14 bits per heavy atom. The molecule has 0 bridgehead atoms. The number of rotatable bonds is 2. The molecule has 106 valence electrons. The third kappa shape index (κ3) is 2.65. The number of aryl methyl sites for hydroxylation is 1. The Hall–Kier alpha value is -1.53. The molecule has 0 amide bonds. The highest BCUT2D eigenvalue weighted by Crippen LogP contribution is 2.38. The van der Waals surface area contributed by atoms with Gasteiger partial charge in [0.2, 0.25) is 0 Å². The van der Waals surface area contributed by atoms with Crippen LogP contribution in [0.25, 0.3) is 22.4 Å². The highest BCUT2D eigenvalue weighted by molar-refractivity contribution is 14.1. The lowest BCUT2D eigenvalue weighted by Crippen LogP contribution is -1.97. The van der Waals surface area contributed by atoms with Crippen molar-refractivity contribution in [3.8, 4) is 22.4 Å². The molecule has 1 aromatic heterocycles. The summed E-state index contributed by atoms with van der Waals surface area (Å²) in [6.07, 6.45) is 0. The van der Waals surface area contributed by atoms with Crippen LogP contribution < -0.4 is 5.73 Å². The molecule has 3 nitrogen and oxygen atoms in total. The lowest BCUT2D eigenvalue weighted by Gasteiger charge is -2.06. The van der Waals surface area contributed by atoms with Crippen LogP contribution in [-0.4, -0.2) is 9.78 Å². The van der Waals surface area contributed by atoms with Crippen molar-refractivity contribution in [1.29, 1.82) is 0 Å². The van der Waals surface area contributed by atoms with Crippen LogP contribution >= 0.6 is 34.2 Å². The molecule has 3 aromatic rings. The predicted molar refractivity (Wildman–Crippen MR) is 96.2 cm³/mol. The summed E-state index contributed by atoms with van der Waals surface area (Å²) in [6.45, 7) is 0. The SMILES string of the molecule is Cn1nc(-c2cc(Cl)ccc2I)c(-c2ccccc2)c1N. The molecule has 0 aliphatic heterocycles. The second-order valence-corrected chi connectivity index (χ2v) is 6.32. The van der Waals surface area contributed by atoms with Crippen molar-refractivity contribution in [2.24, 2.45) is 7.05 Å². The van der Waals surface area contributed by atoms with Crippen molar-refractivity contribution in [2.45, 2.75) is 0 Å². The quantitative estimate of drug-likeness (QED) is 0.629. The van der Waals surface area contributed by atoms with Crippen molar-refractivity contribution >= 4 is 40.0 Å². The van der Waals surface area contributed by atoms with Crippen LogP contribution in [0.2, 0.25) is 5.02 Å². The van der Waals surface area contributed by atoms with Crippen molar-refractivity contribution in [2.75, 3.05) is 5.73 Å². The summed E-state index contributed by atoms with van der Waals surface area (Å²) in [5, 5.41) is 5.28. The van der Waals surface area contributed by atoms with Gasteiger partial charge in [-0.05, 0) is 46.4 Å². The van der Waals surface area contributed by atoms with Gasteiger partial charge in [-0.2, -0.15) is 5.10 Å². The number of aromatic nitrogens is 2. The zero-order valence-electron chi connectivity index (χ0n) is 11.3. The van der Waals surface area contributed by atoms with Crippen LogP contribution in [0.5, 0.6) is 0 Å². The highest BCUT2D eigenvalue weighted by Gasteiger charge is 2.19. The lowest BCUT2D eigenvalue weighted by molar-refractivity contribution is 0.782. The summed E-state index contributed by atoms with van der Waals surface area (Å²) in [5.41, 5.74) is 10.1. The zero-order chi connectivity index (χ0) is 15.0. The second-order valence-electron chi connectivity index (χ2n) is 4.72. The Balaban J connectivity index is 2.29. The maximum absolute atomic E-state index is 6.23. The highest BCUT2D eigenvalue weighted by atomic mass is 127. The topological polar surface area (TPSA) is 43.8 Å². The number of nitrogen functional groups attached to an aromatic ring is 1. The first kappa shape index (κ1) is 14.4. The number of nitrogens with zero attached hydrogens (tertiary/aromatic N) is 2. The summed E-state index contributed by atoms with van der Waals surface area (Å²) in [5.74, 6) is 0.645. The predicted octanol–water partition coefficient (Wildman–Crippen LogP) is 4.59. The molecule has 21 heavy (non-hydrogen) atoms. The molecular formula is C16H13ClIN3. The minimum Gasteiger partial charge on any atom is -0.383 e. The molecule has 0 aliphatic carbocycles. The van der Waals surface area contributed by atoms with Gasteiger partial charge in [-0.1, -0.05) is 41.9 Å². The van der Waals surface area contributed by atoms with Crippen LogP contribution in [-0.2, 0) is 7.05 Å². The van der Waals surface area contributed by atoms with E-state index in [0.717, 1.165) is 26.0 Å². The van der Waals surface area contributed by atoms with Crippen molar-refractivity contribution in [3.63, 3.8) is 0 Å². The molecule has 0 spiro atoms. The van der Waals surface area contributed by atoms with E-state index in [4.69, 9.17) is 17.3 Å². The van der Waals surface area contributed by atoms with E-state index in [1.165, 1.54) is 0 Å². The lowest BCUT2D eigenvalue weighted by atomic mass is 10.0. The number of hydrogen-bond donors (Lipinski definition) is 1. The van der Waals surface area contributed by atoms with Gasteiger partial charge in [-0.25, -0.2) is 0 Å². The summed E-state index contributed by atoms with van der Waals surface area (Å²) in [7, 11) is 1.85. The minimum absolute atomic E-state index is 0.645. The maximum Gasteiger partial charge on any atom is 0.129 e. The van der Waals surface area contributed by atoms with Crippen molar-refractivity contribution in [1.82, 2.24) is 9.78 Å². The molecule has 0 aliphatic rings. The van der Waals surface area contributed by atoms with E-state index < -0.39 is 0 Å². The molecule has 0 saturated carbocycles. The third-order valence-electron chi connectivity index (χ3n) is 3.34. The number of anilines is 1. The molecule has 5 heteroatoms. The van der Waals surface area contributed by atoms with E-state index >= 15 is 0 Å². The van der Waals surface area contributed by atoms with Crippen LogP contribution in [0.3, 0.4) is 0 Å². The average molecular weight is 410 g/mol. The van der Waals surface area contributed by atoms with E-state index in [2.05, 4.69) is 27.7 Å². The fraction of sp³-hybridized carbons (Fsp3) is 0.0625. The normalized spacial score (nSPS) is 10.8. The van der Waals surface area contributed by atoms with Crippen LogP contribution in [0.4, 0.5) is 5.82 Å². The van der Waals surface area contributed by atoms with E-state index in [0.29, 0.717) is 10.8 Å². The molecule has 2 N–H and O–H groups in total. The standard InChI is InChI=1S/C16H13ClIN3/c1-21-16(19)14(10-5-3-2-4-6-10)15(20-21)12-9-11(17)7-8-13(12)18/h2-9H,19H2,1H3. The van der Waals surface area contributed by atoms with Gasteiger partial charge in [0.05, 0.1) is 5.56 Å². The Morgan fingerprint density at radius 3 is 2.57 bits per heavy atom. The van der Waals surface area contributed by atoms with Gasteiger partial charge in [-0.15, -0.1) is 0 Å². The molecule has 2 aromatic carbocycles. The largest absolute Gasteiger partial charge is 0.383 e. The molecule has 1 heterocycles. The van der Waals surface area contributed by atoms with Gasteiger partial charge in [0.25, 0.3) is 0 Å². The van der Waals surface area contributed by atoms with E-state index in [9.17, 15) is 0 Å². The number of hydrogen-bond acceptors (Lipinski definition) is 2. The molecule has 0 unspecified atom stereocenters. The third-order valence-corrected chi connectivity index (χ3v) is 4.51. The first-order valence-electron chi connectivity index (χ1n) is 6.41. The Bertz CT molecular complexity index is 797. The molecule has 3 rings (SSSR count). The van der Waals surface area contributed by atoms with E-state index in [-0.39, 0.29) is 0 Å². The van der Waals surface area contributed by atoms with Gasteiger partial charge in [0, 0.05) is 21.2 Å². The van der Waals surface area contributed by atoms with Crippen molar-refractivity contribution in [3.05, 3.63) is 57.1 Å². The smallest absolute Gasteiger partial charge is 0.129 e. The zero-order valence-corrected chi connectivity index (χ0v) is 14.3. The summed E-state index contributed by atoms with van der Waals surface area (Å²) < 4.78 is 2.79. The second kappa shape index (κ2) is 5.69. The first-order chi connectivity index (χ1) is 10.1. The average Bonchev–Trinajstić information content (AvgIpc) is 2.78. The number of nitrogens with two attached hydrogens (primary N) is 1. The van der Waals surface area contributed by atoms with Gasteiger partial charge < -0.3 is 5.73 Å². The molecule has 0 atom stereocenters. The number of benzene rings is 2. The first-order valence-corrected chi connectivity index (χ1v) is 7.87. The van der Waals surface area contributed by atoms with Crippen LogP contribution in [0.1, 0.15) is 0 Å².